The SMILES string of the molecule is O=c1[nH]cc(C2S[C@H](CO)C[C@H]2O)c(=O)[nH]1. The average molecular weight is 244 g/mol. The van der Waals surface area contributed by atoms with Gasteiger partial charge in [-0.3, -0.25) is 9.78 Å². The van der Waals surface area contributed by atoms with Crippen molar-refractivity contribution in [1.29, 1.82) is 0 Å². The van der Waals surface area contributed by atoms with Crippen LogP contribution in [-0.4, -0.2) is 38.1 Å². The van der Waals surface area contributed by atoms with Crippen molar-refractivity contribution in [2.24, 2.45) is 0 Å². The molecule has 2 heterocycles. The van der Waals surface area contributed by atoms with Crippen LogP contribution in [0.5, 0.6) is 0 Å². The van der Waals surface area contributed by atoms with Gasteiger partial charge in [0.05, 0.1) is 18.0 Å². The van der Waals surface area contributed by atoms with Gasteiger partial charge in [0, 0.05) is 17.0 Å². The van der Waals surface area contributed by atoms with Crippen LogP contribution >= 0.6 is 11.8 Å². The number of aliphatic hydroxyl groups excluding tert-OH is 2. The second-order valence-electron chi connectivity index (χ2n) is 3.69. The summed E-state index contributed by atoms with van der Waals surface area (Å²) in [4.78, 5) is 26.8. The first kappa shape index (κ1) is 11.4. The maximum Gasteiger partial charge on any atom is 0.325 e. The summed E-state index contributed by atoms with van der Waals surface area (Å²) in [6.45, 7) is -0.0283. The Bertz CT molecular complexity index is 483. The number of aromatic amines is 2. The van der Waals surface area contributed by atoms with Crippen molar-refractivity contribution >= 4 is 11.8 Å². The van der Waals surface area contributed by atoms with Crippen LogP contribution in [-0.2, 0) is 0 Å². The van der Waals surface area contributed by atoms with Gasteiger partial charge in [0.1, 0.15) is 0 Å². The zero-order valence-corrected chi connectivity index (χ0v) is 9.16. The van der Waals surface area contributed by atoms with E-state index in [4.69, 9.17) is 5.11 Å². The summed E-state index contributed by atoms with van der Waals surface area (Å²) in [5.74, 6) is 0. The molecule has 1 aromatic heterocycles. The van der Waals surface area contributed by atoms with Gasteiger partial charge in [-0.2, -0.15) is 0 Å². The van der Waals surface area contributed by atoms with E-state index in [2.05, 4.69) is 9.97 Å². The Kier molecular flexibility index (Phi) is 3.17. The molecule has 4 N–H and O–H groups in total. The summed E-state index contributed by atoms with van der Waals surface area (Å²) in [7, 11) is 0. The Balaban J connectivity index is 2.31. The fourth-order valence-electron chi connectivity index (χ4n) is 1.78. The molecule has 6 nitrogen and oxygen atoms in total. The van der Waals surface area contributed by atoms with Crippen LogP contribution in [0.2, 0.25) is 0 Å². The standard InChI is InChI=1S/C9H12N2O4S/c12-3-4-1-6(13)7(16-4)5-2-10-9(15)11-8(5)14/h2,4,6-7,12-13H,1,3H2,(H2,10,11,14,15)/t4-,6+,7?/m0/s1. The quantitative estimate of drug-likeness (QED) is 0.532. The molecule has 0 aliphatic carbocycles. The summed E-state index contributed by atoms with van der Waals surface area (Å²) in [5.41, 5.74) is -0.711. The number of nitrogens with one attached hydrogen (secondary N) is 2. The minimum absolute atomic E-state index is 0.0283. The molecule has 2 rings (SSSR count). The third-order valence-electron chi connectivity index (χ3n) is 2.55. The molecule has 3 atom stereocenters. The van der Waals surface area contributed by atoms with E-state index in [9.17, 15) is 14.7 Å². The Hall–Kier alpha value is -1.05. The topological polar surface area (TPSA) is 106 Å². The number of aromatic nitrogens is 2. The van der Waals surface area contributed by atoms with Crippen molar-refractivity contribution in [2.45, 2.75) is 23.0 Å². The molecule has 1 aliphatic rings. The predicted octanol–water partition coefficient (Wildman–Crippen LogP) is -1.04. The Morgan fingerprint density at radius 3 is 2.81 bits per heavy atom. The molecule has 1 aromatic rings. The molecule has 0 amide bonds. The predicted molar refractivity (Wildman–Crippen MR) is 59.5 cm³/mol. The van der Waals surface area contributed by atoms with Crippen LogP contribution in [0.1, 0.15) is 17.2 Å². The molecule has 0 spiro atoms. The van der Waals surface area contributed by atoms with E-state index in [1.807, 2.05) is 0 Å². The minimum atomic E-state index is -0.672. The lowest BCUT2D eigenvalue weighted by Gasteiger charge is -2.11. The van der Waals surface area contributed by atoms with E-state index in [-0.39, 0.29) is 11.9 Å². The third-order valence-corrected chi connectivity index (χ3v) is 4.14. The molecular weight excluding hydrogens is 232 g/mol. The van der Waals surface area contributed by atoms with Crippen molar-refractivity contribution in [2.75, 3.05) is 6.61 Å². The highest BCUT2D eigenvalue weighted by Gasteiger charge is 2.35. The Morgan fingerprint density at radius 1 is 1.50 bits per heavy atom. The van der Waals surface area contributed by atoms with Gasteiger partial charge in [-0.25, -0.2) is 4.79 Å². The second-order valence-corrected chi connectivity index (χ2v) is 5.14. The van der Waals surface area contributed by atoms with Crippen molar-refractivity contribution in [3.8, 4) is 0 Å². The molecule has 7 heteroatoms. The van der Waals surface area contributed by atoms with Crippen LogP contribution in [0.15, 0.2) is 15.8 Å². The lowest BCUT2D eigenvalue weighted by atomic mass is 10.1. The van der Waals surface area contributed by atoms with Gasteiger partial charge in [-0.15, -0.1) is 11.8 Å². The summed E-state index contributed by atoms with van der Waals surface area (Å²) in [5, 5.41) is 18.3. The van der Waals surface area contributed by atoms with Gasteiger partial charge in [-0.1, -0.05) is 0 Å². The number of H-pyrrole nitrogens is 2. The fourth-order valence-corrected chi connectivity index (χ4v) is 3.20. The lowest BCUT2D eigenvalue weighted by molar-refractivity contribution is 0.161. The summed E-state index contributed by atoms with van der Waals surface area (Å²) >= 11 is 1.35. The van der Waals surface area contributed by atoms with E-state index in [0.29, 0.717) is 12.0 Å². The molecule has 0 saturated carbocycles. The summed E-state index contributed by atoms with van der Waals surface area (Å²) < 4.78 is 0. The summed E-state index contributed by atoms with van der Waals surface area (Å²) in [6.07, 6.45) is 1.10. The molecule has 1 aliphatic heterocycles. The number of hydrogen-bond acceptors (Lipinski definition) is 5. The number of aliphatic hydroxyl groups is 2. The van der Waals surface area contributed by atoms with E-state index in [0.717, 1.165) is 0 Å². The smallest absolute Gasteiger partial charge is 0.325 e. The highest BCUT2D eigenvalue weighted by Crippen LogP contribution is 2.43. The van der Waals surface area contributed by atoms with Crippen LogP contribution in [0.3, 0.4) is 0 Å². The van der Waals surface area contributed by atoms with Crippen LogP contribution in [0.4, 0.5) is 0 Å². The molecule has 0 aromatic carbocycles. The first-order valence-corrected chi connectivity index (χ1v) is 5.82. The lowest BCUT2D eigenvalue weighted by Crippen LogP contribution is -2.27. The van der Waals surface area contributed by atoms with Gasteiger partial charge in [0.15, 0.2) is 0 Å². The van der Waals surface area contributed by atoms with Crippen molar-refractivity contribution in [3.63, 3.8) is 0 Å². The third kappa shape index (κ3) is 2.06. The van der Waals surface area contributed by atoms with Crippen molar-refractivity contribution in [1.82, 2.24) is 9.97 Å². The number of thioether (sulfide) groups is 1. The Morgan fingerprint density at radius 2 is 2.25 bits per heavy atom. The normalized spacial score (nSPS) is 29.5. The maximum absolute atomic E-state index is 11.5. The first-order chi connectivity index (χ1) is 7.61. The summed E-state index contributed by atoms with van der Waals surface area (Å²) in [6, 6.07) is 0. The second kappa shape index (κ2) is 4.44. The van der Waals surface area contributed by atoms with Gasteiger partial charge in [0.25, 0.3) is 5.56 Å². The van der Waals surface area contributed by atoms with Gasteiger partial charge in [0.2, 0.25) is 0 Å². The maximum atomic E-state index is 11.5. The zero-order valence-electron chi connectivity index (χ0n) is 8.34. The van der Waals surface area contributed by atoms with Crippen LogP contribution in [0, 0.1) is 0 Å². The van der Waals surface area contributed by atoms with Gasteiger partial charge < -0.3 is 15.2 Å². The molecule has 1 saturated heterocycles. The monoisotopic (exact) mass is 244 g/mol. The molecule has 1 unspecified atom stereocenters. The highest BCUT2D eigenvalue weighted by molar-refractivity contribution is 8.00. The Labute approximate surface area is 94.7 Å². The van der Waals surface area contributed by atoms with E-state index in [1.54, 1.807) is 0 Å². The molecule has 88 valence electrons. The largest absolute Gasteiger partial charge is 0.395 e. The highest BCUT2D eigenvalue weighted by atomic mass is 32.2. The number of rotatable bonds is 2. The number of hydrogen-bond donors (Lipinski definition) is 4. The van der Waals surface area contributed by atoms with Gasteiger partial charge in [-0.05, 0) is 6.42 Å². The van der Waals surface area contributed by atoms with Gasteiger partial charge >= 0.3 is 5.69 Å². The molecular formula is C9H12N2O4S. The van der Waals surface area contributed by atoms with E-state index >= 15 is 0 Å². The molecule has 16 heavy (non-hydrogen) atoms. The van der Waals surface area contributed by atoms with Crippen LogP contribution < -0.4 is 11.2 Å². The minimum Gasteiger partial charge on any atom is -0.395 e. The molecule has 1 fully saturated rings. The van der Waals surface area contributed by atoms with E-state index < -0.39 is 22.6 Å². The van der Waals surface area contributed by atoms with E-state index in [1.165, 1.54) is 18.0 Å². The average Bonchev–Trinajstić information content (AvgIpc) is 2.60. The molecule has 0 bridgehead atoms. The molecule has 0 radical (unpaired) electrons. The fraction of sp³-hybridized carbons (Fsp3) is 0.556. The van der Waals surface area contributed by atoms with Crippen LogP contribution in [0.25, 0.3) is 0 Å². The van der Waals surface area contributed by atoms with Crippen molar-refractivity contribution < 1.29 is 10.2 Å². The first-order valence-electron chi connectivity index (χ1n) is 4.88. The zero-order chi connectivity index (χ0) is 11.7. The van der Waals surface area contributed by atoms with Crippen molar-refractivity contribution in [3.05, 3.63) is 32.6 Å².